The van der Waals surface area contributed by atoms with E-state index in [4.69, 9.17) is 32.7 Å². The van der Waals surface area contributed by atoms with Crippen LogP contribution in [0.15, 0.2) is 22.5 Å². The van der Waals surface area contributed by atoms with Gasteiger partial charge in [0, 0.05) is 11.4 Å². The molecule has 2 heterocycles. The zero-order valence-electron chi connectivity index (χ0n) is 15.7. The van der Waals surface area contributed by atoms with Gasteiger partial charge in [0.2, 0.25) is 0 Å². The SMILES string of the molecule is CCCCOC(=O)C1=C(C)NC(C)=C(C(=O)OCC)C1c1nc(Cl)c(Cl)[nH]1. The molecule has 1 aliphatic rings. The second kappa shape index (κ2) is 9.28. The molecule has 2 N–H and O–H groups in total. The van der Waals surface area contributed by atoms with Crippen LogP contribution in [0, 0.1) is 0 Å². The van der Waals surface area contributed by atoms with E-state index in [1.165, 1.54) is 0 Å². The van der Waals surface area contributed by atoms with E-state index >= 15 is 0 Å². The van der Waals surface area contributed by atoms with Crippen LogP contribution >= 0.6 is 23.2 Å². The van der Waals surface area contributed by atoms with Gasteiger partial charge in [0.25, 0.3) is 0 Å². The number of allylic oxidation sites excluding steroid dienone is 2. The van der Waals surface area contributed by atoms with E-state index in [2.05, 4.69) is 15.3 Å². The molecule has 0 spiro atoms. The molecule has 0 fully saturated rings. The smallest absolute Gasteiger partial charge is 0.336 e. The van der Waals surface area contributed by atoms with Crippen molar-refractivity contribution in [2.45, 2.75) is 46.5 Å². The molecule has 1 aliphatic heterocycles. The second-order valence-corrected chi connectivity index (χ2v) is 6.81. The number of dihydropyridines is 1. The minimum Gasteiger partial charge on any atom is -0.463 e. The van der Waals surface area contributed by atoms with Gasteiger partial charge in [-0.1, -0.05) is 36.5 Å². The summed E-state index contributed by atoms with van der Waals surface area (Å²) in [5.41, 5.74) is 1.65. The summed E-state index contributed by atoms with van der Waals surface area (Å²) < 4.78 is 10.6. The number of aromatic amines is 1. The molecule has 9 heteroatoms. The lowest BCUT2D eigenvalue weighted by molar-refractivity contribution is -0.140. The van der Waals surface area contributed by atoms with Crippen LogP contribution in [-0.4, -0.2) is 35.1 Å². The lowest BCUT2D eigenvalue weighted by Crippen LogP contribution is -2.33. The average Bonchev–Trinajstić information content (AvgIpc) is 2.93. The van der Waals surface area contributed by atoms with Gasteiger partial charge in [-0.15, -0.1) is 0 Å². The first kappa shape index (κ1) is 21.3. The summed E-state index contributed by atoms with van der Waals surface area (Å²) in [6.07, 6.45) is 1.64. The van der Waals surface area contributed by atoms with E-state index in [1.54, 1.807) is 20.8 Å². The Labute approximate surface area is 168 Å². The van der Waals surface area contributed by atoms with Crippen LogP contribution in [0.4, 0.5) is 0 Å². The second-order valence-electron chi connectivity index (χ2n) is 6.07. The molecule has 1 unspecified atom stereocenters. The lowest BCUT2D eigenvalue weighted by atomic mass is 9.85. The maximum atomic E-state index is 12.8. The van der Waals surface area contributed by atoms with Gasteiger partial charge in [-0.2, -0.15) is 0 Å². The molecule has 148 valence electrons. The highest BCUT2D eigenvalue weighted by Crippen LogP contribution is 2.39. The Hall–Kier alpha value is -1.99. The third-order valence-corrected chi connectivity index (χ3v) is 4.76. The maximum absolute atomic E-state index is 12.8. The maximum Gasteiger partial charge on any atom is 0.336 e. The van der Waals surface area contributed by atoms with E-state index in [0.717, 1.165) is 12.8 Å². The van der Waals surface area contributed by atoms with Crippen LogP contribution in [0.5, 0.6) is 0 Å². The van der Waals surface area contributed by atoms with Crippen LogP contribution in [0.2, 0.25) is 10.3 Å². The number of rotatable bonds is 7. The number of carbonyl (C=O) groups is 2. The van der Waals surface area contributed by atoms with Crippen LogP contribution in [0.3, 0.4) is 0 Å². The number of carbonyl (C=O) groups excluding carboxylic acids is 2. The summed E-state index contributed by atoms with van der Waals surface area (Å²) in [4.78, 5) is 32.4. The summed E-state index contributed by atoms with van der Waals surface area (Å²) in [6.45, 7) is 7.66. The number of halogens is 2. The first-order valence-corrected chi connectivity index (χ1v) is 9.51. The number of ether oxygens (including phenoxy) is 2. The molecule has 1 aromatic heterocycles. The van der Waals surface area contributed by atoms with Crippen molar-refractivity contribution in [1.29, 1.82) is 0 Å². The number of hydrogen-bond acceptors (Lipinski definition) is 6. The monoisotopic (exact) mass is 415 g/mol. The zero-order valence-corrected chi connectivity index (χ0v) is 17.3. The Morgan fingerprint density at radius 3 is 2.15 bits per heavy atom. The van der Waals surface area contributed by atoms with Gasteiger partial charge < -0.3 is 19.8 Å². The largest absolute Gasteiger partial charge is 0.463 e. The molecule has 1 atom stereocenters. The standard InChI is InChI=1S/C18H23Cl2N3O4/c1-5-7-8-27-18(25)12-10(4)21-9(3)11(17(24)26-6-2)13(12)16-22-14(19)15(20)23-16/h13,21H,5-8H2,1-4H3,(H,22,23). The summed E-state index contributed by atoms with van der Waals surface area (Å²) in [7, 11) is 0. The van der Waals surface area contributed by atoms with E-state index < -0.39 is 17.9 Å². The van der Waals surface area contributed by atoms with Gasteiger partial charge in [-0.25, -0.2) is 14.6 Å². The molecule has 0 aromatic carbocycles. The number of H-pyrrole nitrogens is 1. The van der Waals surface area contributed by atoms with Gasteiger partial charge >= 0.3 is 11.9 Å². The Balaban J connectivity index is 2.53. The predicted octanol–water partition coefficient (Wildman–Crippen LogP) is 3.86. The number of hydrogen-bond donors (Lipinski definition) is 2. The zero-order chi connectivity index (χ0) is 20.1. The van der Waals surface area contributed by atoms with E-state index in [0.29, 0.717) is 11.4 Å². The van der Waals surface area contributed by atoms with Crippen LogP contribution in [0.1, 0.15) is 52.3 Å². The van der Waals surface area contributed by atoms with Gasteiger partial charge in [0.1, 0.15) is 11.0 Å². The first-order valence-electron chi connectivity index (χ1n) is 8.75. The molecular weight excluding hydrogens is 393 g/mol. The molecule has 0 bridgehead atoms. The fourth-order valence-corrected chi connectivity index (χ4v) is 3.17. The Morgan fingerprint density at radius 2 is 1.67 bits per heavy atom. The van der Waals surface area contributed by atoms with Crippen molar-refractivity contribution < 1.29 is 19.1 Å². The number of nitrogens with zero attached hydrogens (tertiary/aromatic N) is 1. The van der Waals surface area contributed by atoms with Crippen molar-refractivity contribution >= 4 is 35.1 Å². The lowest BCUT2D eigenvalue weighted by Gasteiger charge is -2.29. The van der Waals surface area contributed by atoms with Gasteiger partial charge in [-0.3, -0.25) is 0 Å². The quantitative estimate of drug-likeness (QED) is 0.518. The summed E-state index contributed by atoms with van der Waals surface area (Å²) in [6, 6.07) is 0. The third kappa shape index (κ3) is 4.65. The van der Waals surface area contributed by atoms with E-state index in [-0.39, 0.29) is 40.5 Å². The Kier molecular flexibility index (Phi) is 7.33. The van der Waals surface area contributed by atoms with Gasteiger partial charge in [0.05, 0.1) is 30.3 Å². The Bertz CT molecular complexity index is 779. The van der Waals surface area contributed by atoms with Crippen LogP contribution in [0.25, 0.3) is 0 Å². The number of unbranched alkanes of at least 4 members (excludes halogenated alkanes) is 1. The van der Waals surface area contributed by atoms with E-state index in [9.17, 15) is 9.59 Å². The third-order valence-electron chi connectivity index (χ3n) is 4.12. The first-order chi connectivity index (χ1) is 12.8. The van der Waals surface area contributed by atoms with Crippen molar-refractivity contribution in [3.63, 3.8) is 0 Å². The molecule has 1 aromatic rings. The highest BCUT2D eigenvalue weighted by molar-refractivity contribution is 6.40. The van der Waals surface area contributed by atoms with Crippen molar-refractivity contribution in [3.05, 3.63) is 38.7 Å². The topological polar surface area (TPSA) is 93.3 Å². The fourth-order valence-electron chi connectivity index (χ4n) is 2.89. The molecule has 0 saturated carbocycles. The average molecular weight is 416 g/mol. The van der Waals surface area contributed by atoms with Crippen molar-refractivity contribution in [2.75, 3.05) is 13.2 Å². The minimum atomic E-state index is -0.829. The number of esters is 2. The molecular formula is C18H23Cl2N3O4. The van der Waals surface area contributed by atoms with Crippen molar-refractivity contribution in [3.8, 4) is 0 Å². The van der Waals surface area contributed by atoms with Crippen LogP contribution < -0.4 is 5.32 Å². The molecule has 7 nitrogen and oxygen atoms in total. The minimum absolute atomic E-state index is 0.0578. The normalized spacial score (nSPS) is 17.0. The Morgan fingerprint density at radius 1 is 1.07 bits per heavy atom. The predicted molar refractivity (Wildman–Crippen MR) is 102 cm³/mol. The molecule has 2 rings (SSSR count). The van der Waals surface area contributed by atoms with Gasteiger partial charge in [-0.05, 0) is 27.2 Å². The molecule has 0 radical (unpaired) electrons. The summed E-state index contributed by atoms with van der Waals surface area (Å²) in [5, 5.41) is 3.25. The number of aromatic nitrogens is 2. The fraction of sp³-hybridized carbons (Fsp3) is 0.500. The summed E-state index contributed by atoms with van der Waals surface area (Å²) in [5.74, 6) is -1.64. The molecule has 0 amide bonds. The van der Waals surface area contributed by atoms with E-state index in [1.807, 2.05) is 6.92 Å². The highest BCUT2D eigenvalue weighted by Gasteiger charge is 2.40. The van der Waals surface area contributed by atoms with Gasteiger partial charge in [0.15, 0.2) is 5.15 Å². The number of imidazole rings is 1. The van der Waals surface area contributed by atoms with Crippen LogP contribution in [-0.2, 0) is 19.1 Å². The molecule has 0 aliphatic carbocycles. The molecule has 27 heavy (non-hydrogen) atoms. The summed E-state index contributed by atoms with van der Waals surface area (Å²) >= 11 is 12.0. The number of nitrogens with one attached hydrogen (secondary N) is 2. The van der Waals surface area contributed by atoms with Crippen molar-refractivity contribution in [2.24, 2.45) is 0 Å². The highest BCUT2D eigenvalue weighted by atomic mass is 35.5. The van der Waals surface area contributed by atoms with Crippen molar-refractivity contribution in [1.82, 2.24) is 15.3 Å². The molecule has 0 saturated heterocycles.